The molecule has 5 heteroatoms. The van der Waals surface area contributed by atoms with Crippen molar-refractivity contribution in [3.05, 3.63) is 35.2 Å². The zero-order chi connectivity index (χ0) is 14.9. The van der Waals surface area contributed by atoms with E-state index < -0.39 is 0 Å². The van der Waals surface area contributed by atoms with E-state index in [1.54, 1.807) is 0 Å². The van der Waals surface area contributed by atoms with E-state index in [4.69, 9.17) is 0 Å². The van der Waals surface area contributed by atoms with Crippen molar-refractivity contribution in [2.45, 2.75) is 33.7 Å². The van der Waals surface area contributed by atoms with Crippen molar-refractivity contribution in [1.29, 1.82) is 0 Å². The van der Waals surface area contributed by atoms with Gasteiger partial charge in [0.15, 0.2) is 5.82 Å². The maximum atomic E-state index is 4.28. The Balaban J connectivity index is 2.58. The fraction of sp³-hybridized carbons (Fsp3) is 0.533. The molecule has 1 heterocycles. The number of tetrazole rings is 1. The molecular weight excluding hydrogens is 250 g/mol. The second kappa shape index (κ2) is 5.71. The van der Waals surface area contributed by atoms with E-state index in [1.807, 2.05) is 4.68 Å². The molecule has 2 aromatic rings. The summed E-state index contributed by atoms with van der Waals surface area (Å²) in [5.74, 6) is 1.32. The maximum Gasteiger partial charge on any atom is 0.174 e. The number of rotatable bonds is 4. The van der Waals surface area contributed by atoms with Crippen molar-refractivity contribution >= 4 is 0 Å². The van der Waals surface area contributed by atoms with Crippen LogP contribution in [-0.2, 0) is 0 Å². The van der Waals surface area contributed by atoms with Crippen molar-refractivity contribution in [2.75, 3.05) is 14.1 Å². The van der Waals surface area contributed by atoms with Crippen molar-refractivity contribution in [3.8, 4) is 5.69 Å². The van der Waals surface area contributed by atoms with Crippen LogP contribution >= 0.6 is 0 Å². The average molecular weight is 273 g/mol. The highest BCUT2D eigenvalue weighted by molar-refractivity contribution is 5.46. The number of aryl methyl sites for hydroxylation is 2. The third kappa shape index (κ3) is 2.58. The molecule has 0 radical (unpaired) electrons. The predicted molar refractivity (Wildman–Crippen MR) is 79.9 cm³/mol. The Hall–Kier alpha value is -1.75. The van der Waals surface area contributed by atoms with Crippen LogP contribution < -0.4 is 0 Å². The molecule has 0 amide bonds. The van der Waals surface area contributed by atoms with E-state index in [-0.39, 0.29) is 6.04 Å². The van der Waals surface area contributed by atoms with Gasteiger partial charge in [-0.25, -0.2) is 0 Å². The van der Waals surface area contributed by atoms with Gasteiger partial charge >= 0.3 is 0 Å². The molecule has 0 unspecified atom stereocenters. The highest BCUT2D eigenvalue weighted by Gasteiger charge is 2.26. The summed E-state index contributed by atoms with van der Waals surface area (Å²) >= 11 is 0. The topological polar surface area (TPSA) is 46.8 Å². The number of hydrogen-bond donors (Lipinski definition) is 0. The minimum atomic E-state index is 0.184. The van der Waals surface area contributed by atoms with E-state index in [9.17, 15) is 0 Å². The van der Waals surface area contributed by atoms with Crippen molar-refractivity contribution in [3.63, 3.8) is 0 Å². The second-order valence-corrected chi connectivity index (χ2v) is 5.84. The SMILES string of the molecule is Cc1cccc(C)c1-n1nnnc1[C@H](C(C)C)N(C)C. The monoisotopic (exact) mass is 273 g/mol. The number of nitrogens with zero attached hydrogens (tertiary/aromatic N) is 5. The van der Waals surface area contributed by atoms with Gasteiger partial charge < -0.3 is 0 Å². The van der Waals surface area contributed by atoms with Crippen LogP contribution in [0, 0.1) is 19.8 Å². The largest absolute Gasteiger partial charge is 0.299 e. The second-order valence-electron chi connectivity index (χ2n) is 5.84. The molecule has 108 valence electrons. The number of para-hydroxylation sites is 1. The molecule has 0 aliphatic carbocycles. The van der Waals surface area contributed by atoms with Crippen LogP contribution in [0.4, 0.5) is 0 Å². The fourth-order valence-corrected chi connectivity index (χ4v) is 2.80. The molecule has 1 atom stereocenters. The lowest BCUT2D eigenvalue weighted by Crippen LogP contribution is -2.28. The van der Waals surface area contributed by atoms with Crippen LogP contribution in [0.3, 0.4) is 0 Å². The van der Waals surface area contributed by atoms with Crippen molar-refractivity contribution in [2.24, 2.45) is 5.92 Å². The highest BCUT2D eigenvalue weighted by atomic mass is 15.6. The summed E-state index contributed by atoms with van der Waals surface area (Å²) in [5, 5.41) is 12.4. The van der Waals surface area contributed by atoms with Crippen molar-refractivity contribution in [1.82, 2.24) is 25.1 Å². The molecule has 1 aromatic heterocycles. The molecule has 0 bridgehead atoms. The highest BCUT2D eigenvalue weighted by Crippen LogP contribution is 2.27. The summed E-state index contributed by atoms with van der Waals surface area (Å²) in [4.78, 5) is 2.17. The van der Waals surface area contributed by atoms with E-state index in [2.05, 4.69) is 80.4 Å². The fourth-order valence-electron chi connectivity index (χ4n) is 2.80. The first-order valence-electron chi connectivity index (χ1n) is 6.94. The lowest BCUT2D eigenvalue weighted by molar-refractivity contribution is 0.221. The average Bonchev–Trinajstić information content (AvgIpc) is 2.77. The normalized spacial score (nSPS) is 13.2. The summed E-state index contributed by atoms with van der Waals surface area (Å²) in [5.41, 5.74) is 3.44. The standard InChI is InChI=1S/C15H23N5/c1-10(2)13(19(5)6)15-16-17-18-20(15)14-11(3)8-7-9-12(14)4/h7-10,13H,1-6H3/t13-/m0/s1. The predicted octanol–water partition coefficient (Wildman–Crippen LogP) is 2.54. The lowest BCUT2D eigenvalue weighted by atomic mass is 10.0. The molecule has 0 saturated heterocycles. The van der Waals surface area contributed by atoms with E-state index in [0.717, 1.165) is 11.5 Å². The van der Waals surface area contributed by atoms with Crippen LogP contribution in [-0.4, -0.2) is 39.2 Å². The maximum absolute atomic E-state index is 4.28. The van der Waals surface area contributed by atoms with Crippen LogP contribution in [0.15, 0.2) is 18.2 Å². The molecule has 20 heavy (non-hydrogen) atoms. The smallest absolute Gasteiger partial charge is 0.174 e. The number of aromatic nitrogens is 4. The third-order valence-electron chi connectivity index (χ3n) is 3.60. The molecule has 0 spiro atoms. The number of benzene rings is 1. The van der Waals surface area contributed by atoms with E-state index >= 15 is 0 Å². The molecule has 0 fully saturated rings. The summed E-state index contributed by atoms with van der Waals surface area (Å²) in [6.07, 6.45) is 0. The lowest BCUT2D eigenvalue weighted by Gasteiger charge is -2.27. The quantitative estimate of drug-likeness (QED) is 0.859. The minimum Gasteiger partial charge on any atom is -0.299 e. The van der Waals surface area contributed by atoms with E-state index in [1.165, 1.54) is 11.1 Å². The molecule has 1 aromatic carbocycles. The zero-order valence-corrected chi connectivity index (χ0v) is 13.1. The molecule has 0 aliphatic heterocycles. The Bertz CT molecular complexity index is 557. The van der Waals surface area contributed by atoms with Gasteiger partial charge in [-0.1, -0.05) is 32.0 Å². The van der Waals surface area contributed by atoms with Crippen LogP contribution in [0.1, 0.15) is 36.8 Å². The van der Waals surface area contributed by atoms with Gasteiger partial charge in [0, 0.05) is 0 Å². The van der Waals surface area contributed by atoms with E-state index in [0.29, 0.717) is 5.92 Å². The first-order chi connectivity index (χ1) is 9.43. The zero-order valence-electron chi connectivity index (χ0n) is 13.1. The Labute approximate surface area is 120 Å². The number of hydrogen-bond acceptors (Lipinski definition) is 4. The molecule has 0 N–H and O–H groups in total. The molecule has 5 nitrogen and oxygen atoms in total. The first-order valence-corrected chi connectivity index (χ1v) is 6.94. The summed E-state index contributed by atoms with van der Waals surface area (Å²) in [6, 6.07) is 6.43. The Morgan fingerprint density at radius 2 is 1.70 bits per heavy atom. The van der Waals surface area contributed by atoms with Gasteiger partial charge in [-0.2, -0.15) is 4.68 Å². The summed E-state index contributed by atoms with van der Waals surface area (Å²) < 4.78 is 1.88. The Kier molecular flexibility index (Phi) is 4.18. The van der Waals surface area contributed by atoms with Gasteiger partial charge in [-0.05, 0) is 55.4 Å². The Morgan fingerprint density at radius 1 is 1.10 bits per heavy atom. The molecule has 2 rings (SSSR count). The van der Waals surface area contributed by atoms with Gasteiger partial charge in [-0.3, -0.25) is 4.90 Å². The van der Waals surface area contributed by atoms with Crippen LogP contribution in [0.25, 0.3) is 5.69 Å². The molecular formula is C15H23N5. The first kappa shape index (κ1) is 14.7. The molecule has 0 saturated carbocycles. The molecule has 0 aliphatic rings. The van der Waals surface area contributed by atoms with Gasteiger partial charge in [-0.15, -0.1) is 5.10 Å². The van der Waals surface area contributed by atoms with Crippen molar-refractivity contribution < 1.29 is 0 Å². The van der Waals surface area contributed by atoms with Crippen LogP contribution in [0.2, 0.25) is 0 Å². The van der Waals surface area contributed by atoms with Gasteiger partial charge in [0.2, 0.25) is 0 Å². The summed E-state index contributed by atoms with van der Waals surface area (Å²) in [6.45, 7) is 8.56. The van der Waals surface area contributed by atoms with Gasteiger partial charge in [0.05, 0.1) is 11.7 Å². The third-order valence-corrected chi connectivity index (χ3v) is 3.60. The van der Waals surface area contributed by atoms with Gasteiger partial charge in [0.25, 0.3) is 0 Å². The summed E-state index contributed by atoms with van der Waals surface area (Å²) in [7, 11) is 4.13. The van der Waals surface area contributed by atoms with Gasteiger partial charge in [0.1, 0.15) is 0 Å². The van der Waals surface area contributed by atoms with Crippen LogP contribution in [0.5, 0.6) is 0 Å². The Morgan fingerprint density at radius 3 is 2.20 bits per heavy atom. The minimum absolute atomic E-state index is 0.184.